The number of thioether (sulfide) groups is 1. The Morgan fingerprint density at radius 3 is 2.83 bits per heavy atom. The van der Waals surface area contributed by atoms with Crippen LogP contribution in [0.2, 0.25) is 0 Å². The summed E-state index contributed by atoms with van der Waals surface area (Å²) in [6.07, 6.45) is 3.52. The average Bonchev–Trinajstić information content (AvgIpc) is 2.40. The van der Waals surface area contributed by atoms with Crippen LogP contribution in [0, 0.1) is 5.41 Å². The van der Waals surface area contributed by atoms with Crippen LogP contribution >= 0.6 is 11.8 Å². The first-order valence-electron chi connectivity index (χ1n) is 6.58. The van der Waals surface area contributed by atoms with Gasteiger partial charge in [-0.2, -0.15) is 0 Å². The molecular weight excluding hydrogens is 242 g/mol. The van der Waals surface area contributed by atoms with Crippen molar-refractivity contribution in [1.82, 2.24) is 5.32 Å². The zero-order chi connectivity index (χ0) is 13.0. The zero-order valence-corrected chi connectivity index (χ0v) is 12.3. The molecule has 3 heteroatoms. The van der Waals surface area contributed by atoms with Crippen molar-refractivity contribution in [2.24, 2.45) is 5.41 Å². The lowest BCUT2D eigenvalue weighted by Gasteiger charge is -2.37. The second-order valence-electron chi connectivity index (χ2n) is 5.54. The van der Waals surface area contributed by atoms with E-state index >= 15 is 0 Å². The fourth-order valence-electron chi connectivity index (χ4n) is 2.52. The van der Waals surface area contributed by atoms with Gasteiger partial charge in [-0.3, -0.25) is 0 Å². The van der Waals surface area contributed by atoms with E-state index in [-0.39, 0.29) is 5.41 Å². The van der Waals surface area contributed by atoms with E-state index in [9.17, 15) is 0 Å². The van der Waals surface area contributed by atoms with Crippen LogP contribution in [-0.4, -0.2) is 32.1 Å². The largest absolute Gasteiger partial charge is 0.375 e. The minimum Gasteiger partial charge on any atom is -0.375 e. The molecule has 1 aromatic carbocycles. The van der Waals surface area contributed by atoms with Gasteiger partial charge in [0, 0.05) is 18.0 Å². The summed E-state index contributed by atoms with van der Waals surface area (Å²) in [4.78, 5) is 1.38. The Bertz CT molecular complexity index is 386. The molecule has 0 amide bonds. The summed E-state index contributed by atoms with van der Waals surface area (Å²) in [5.74, 6) is 0. The molecule has 0 aromatic heterocycles. The molecule has 1 atom stereocenters. The van der Waals surface area contributed by atoms with E-state index in [2.05, 4.69) is 49.7 Å². The summed E-state index contributed by atoms with van der Waals surface area (Å²) in [6, 6.07) is 8.69. The molecule has 1 fully saturated rings. The molecule has 2 nitrogen and oxygen atoms in total. The highest BCUT2D eigenvalue weighted by atomic mass is 32.2. The van der Waals surface area contributed by atoms with Gasteiger partial charge in [0.1, 0.15) is 0 Å². The van der Waals surface area contributed by atoms with Crippen molar-refractivity contribution in [3.05, 3.63) is 29.8 Å². The van der Waals surface area contributed by atoms with Gasteiger partial charge in [-0.15, -0.1) is 11.8 Å². The van der Waals surface area contributed by atoms with Crippen LogP contribution in [-0.2, 0) is 11.2 Å². The molecule has 0 bridgehead atoms. The average molecular weight is 265 g/mol. The molecule has 1 unspecified atom stereocenters. The SMILES string of the molecule is CSc1ccccc1CC(C)(C)C1CNCCO1. The fourth-order valence-corrected chi connectivity index (χ4v) is 3.14. The summed E-state index contributed by atoms with van der Waals surface area (Å²) in [6.45, 7) is 7.39. The smallest absolute Gasteiger partial charge is 0.0754 e. The normalized spacial score (nSPS) is 20.9. The fraction of sp³-hybridized carbons (Fsp3) is 0.600. The van der Waals surface area contributed by atoms with Crippen LogP contribution in [0.3, 0.4) is 0 Å². The lowest BCUT2D eigenvalue weighted by molar-refractivity contribution is -0.0435. The second-order valence-corrected chi connectivity index (χ2v) is 6.39. The standard InChI is InChI=1S/C15H23NOS/c1-15(2,14-11-16-8-9-17-14)10-12-6-4-5-7-13(12)18-3/h4-7,14,16H,8-11H2,1-3H3. The van der Waals surface area contributed by atoms with Crippen molar-refractivity contribution < 1.29 is 4.74 Å². The molecule has 0 saturated carbocycles. The van der Waals surface area contributed by atoms with Gasteiger partial charge in [-0.1, -0.05) is 32.0 Å². The minimum absolute atomic E-state index is 0.166. The molecule has 1 aliphatic rings. The van der Waals surface area contributed by atoms with Crippen LogP contribution in [0.5, 0.6) is 0 Å². The minimum atomic E-state index is 0.166. The maximum atomic E-state index is 5.92. The predicted molar refractivity (Wildman–Crippen MR) is 78.3 cm³/mol. The van der Waals surface area contributed by atoms with Crippen LogP contribution in [0.1, 0.15) is 19.4 Å². The van der Waals surface area contributed by atoms with Gasteiger partial charge in [-0.05, 0) is 29.7 Å². The van der Waals surface area contributed by atoms with Crippen molar-refractivity contribution in [2.45, 2.75) is 31.3 Å². The number of benzene rings is 1. The second kappa shape index (κ2) is 6.09. The molecule has 0 aliphatic carbocycles. The van der Waals surface area contributed by atoms with Gasteiger partial charge >= 0.3 is 0 Å². The third-order valence-corrected chi connectivity index (χ3v) is 4.48. The molecule has 1 aliphatic heterocycles. The number of rotatable bonds is 4. The molecule has 18 heavy (non-hydrogen) atoms. The van der Waals surface area contributed by atoms with E-state index in [4.69, 9.17) is 4.74 Å². The third kappa shape index (κ3) is 3.28. The molecular formula is C15H23NOS. The van der Waals surface area contributed by atoms with E-state index in [1.807, 2.05) is 11.8 Å². The topological polar surface area (TPSA) is 21.3 Å². The van der Waals surface area contributed by atoms with E-state index in [0.29, 0.717) is 6.10 Å². The summed E-state index contributed by atoms with van der Waals surface area (Å²) < 4.78 is 5.92. The highest BCUT2D eigenvalue weighted by Crippen LogP contribution is 2.32. The first-order chi connectivity index (χ1) is 8.63. The number of hydrogen-bond donors (Lipinski definition) is 1. The molecule has 0 radical (unpaired) electrons. The van der Waals surface area contributed by atoms with Crippen LogP contribution < -0.4 is 5.32 Å². The summed E-state index contributed by atoms with van der Waals surface area (Å²) in [7, 11) is 0. The van der Waals surface area contributed by atoms with E-state index in [1.165, 1.54) is 10.5 Å². The van der Waals surface area contributed by atoms with Crippen LogP contribution in [0.25, 0.3) is 0 Å². The van der Waals surface area contributed by atoms with Crippen molar-refractivity contribution in [1.29, 1.82) is 0 Å². The van der Waals surface area contributed by atoms with Gasteiger partial charge in [0.2, 0.25) is 0 Å². The molecule has 1 N–H and O–H groups in total. The lowest BCUT2D eigenvalue weighted by Crippen LogP contribution is -2.47. The third-order valence-electron chi connectivity index (χ3n) is 3.64. The first-order valence-corrected chi connectivity index (χ1v) is 7.80. The maximum absolute atomic E-state index is 5.92. The quantitative estimate of drug-likeness (QED) is 0.846. The van der Waals surface area contributed by atoms with Gasteiger partial charge in [-0.25, -0.2) is 0 Å². The van der Waals surface area contributed by atoms with E-state index in [1.54, 1.807) is 0 Å². The zero-order valence-electron chi connectivity index (χ0n) is 11.5. The van der Waals surface area contributed by atoms with E-state index in [0.717, 1.165) is 26.1 Å². The van der Waals surface area contributed by atoms with Gasteiger partial charge < -0.3 is 10.1 Å². The number of nitrogens with one attached hydrogen (secondary N) is 1. The molecule has 1 heterocycles. The lowest BCUT2D eigenvalue weighted by atomic mass is 9.80. The van der Waals surface area contributed by atoms with Crippen molar-refractivity contribution in [2.75, 3.05) is 26.0 Å². The Morgan fingerprint density at radius 2 is 2.17 bits per heavy atom. The number of morpholine rings is 1. The molecule has 1 aromatic rings. The van der Waals surface area contributed by atoms with Gasteiger partial charge in [0.15, 0.2) is 0 Å². The summed E-state index contributed by atoms with van der Waals surface area (Å²) >= 11 is 1.83. The van der Waals surface area contributed by atoms with Crippen molar-refractivity contribution in [3.63, 3.8) is 0 Å². The summed E-state index contributed by atoms with van der Waals surface area (Å²) in [5, 5.41) is 3.43. The van der Waals surface area contributed by atoms with Crippen LogP contribution in [0.15, 0.2) is 29.2 Å². The highest BCUT2D eigenvalue weighted by Gasteiger charge is 2.32. The number of ether oxygens (including phenoxy) is 1. The monoisotopic (exact) mass is 265 g/mol. The van der Waals surface area contributed by atoms with E-state index < -0.39 is 0 Å². The van der Waals surface area contributed by atoms with Crippen molar-refractivity contribution >= 4 is 11.8 Å². The maximum Gasteiger partial charge on any atom is 0.0754 e. The highest BCUT2D eigenvalue weighted by molar-refractivity contribution is 7.98. The van der Waals surface area contributed by atoms with Crippen LogP contribution in [0.4, 0.5) is 0 Å². The molecule has 100 valence electrons. The van der Waals surface area contributed by atoms with Gasteiger partial charge in [0.25, 0.3) is 0 Å². The summed E-state index contributed by atoms with van der Waals surface area (Å²) in [5.41, 5.74) is 1.60. The Balaban J connectivity index is 2.10. The number of hydrogen-bond acceptors (Lipinski definition) is 3. The molecule has 2 rings (SSSR count). The molecule has 1 saturated heterocycles. The Labute approximate surface area is 114 Å². The van der Waals surface area contributed by atoms with Crippen molar-refractivity contribution in [3.8, 4) is 0 Å². The Morgan fingerprint density at radius 1 is 1.39 bits per heavy atom. The molecule has 0 spiro atoms. The Hall–Kier alpha value is -0.510. The Kier molecular flexibility index (Phi) is 4.71. The predicted octanol–water partition coefficient (Wildman–Crippen LogP) is 2.97. The van der Waals surface area contributed by atoms with Gasteiger partial charge in [0.05, 0.1) is 12.7 Å². The first kappa shape index (κ1) is 13.9.